The Labute approximate surface area is 111 Å². The summed E-state index contributed by atoms with van der Waals surface area (Å²) < 4.78 is 0. The molecule has 8 nitrogen and oxygen atoms in total. The first-order valence-electron chi connectivity index (χ1n) is 6.34. The molecule has 1 aromatic heterocycles. The van der Waals surface area contributed by atoms with Crippen LogP contribution in [0.2, 0.25) is 0 Å². The van der Waals surface area contributed by atoms with Crippen LogP contribution < -0.4 is 16.2 Å². The summed E-state index contributed by atoms with van der Waals surface area (Å²) in [6, 6.07) is 0.499. The maximum Gasteiger partial charge on any atom is 0.354 e. The lowest BCUT2D eigenvalue weighted by molar-refractivity contribution is -0.383. The molecule has 0 aromatic carbocycles. The lowest BCUT2D eigenvalue weighted by Crippen LogP contribution is -2.35. The predicted octanol–water partition coefficient (Wildman–Crippen LogP) is 1.44. The standard InChI is InChI=1S/C11H18N6O2/c1-3-8-5-4-7(2)16(8)11-9(17(18)19)10(15-12)13-6-14-11/h6-8H,3-5,12H2,1-2H3,(H,13,14,15). The molecule has 0 saturated carbocycles. The molecule has 2 rings (SSSR count). The first kappa shape index (κ1) is 13.5. The van der Waals surface area contributed by atoms with Gasteiger partial charge in [0.05, 0.1) is 4.92 Å². The molecule has 2 heterocycles. The minimum absolute atomic E-state index is 0.0453. The predicted molar refractivity (Wildman–Crippen MR) is 71.8 cm³/mol. The Hall–Kier alpha value is -1.96. The number of hydrogen-bond donors (Lipinski definition) is 2. The Morgan fingerprint density at radius 1 is 1.58 bits per heavy atom. The highest BCUT2D eigenvalue weighted by Gasteiger charge is 2.36. The highest BCUT2D eigenvalue weighted by Crippen LogP contribution is 2.38. The van der Waals surface area contributed by atoms with Crippen LogP contribution in [0.4, 0.5) is 17.3 Å². The smallest absolute Gasteiger partial charge is 0.345 e. The Morgan fingerprint density at radius 2 is 2.32 bits per heavy atom. The molecule has 1 aliphatic heterocycles. The second kappa shape index (κ2) is 5.35. The second-order valence-corrected chi connectivity index (χ2v) is 4.69. The molecule has 2 unspecified atom stereocenters. The molecule has 19 heavy (non-hydrogen) atoms. The highest BCUT2D eigenvalue weighted by molar-refractivity contribution is 5.70. The highest BCUT2D eigenvalue weighted by atomic mass is 16.6. The SMILES string of the molecule is CCC1CCC(C)N1c1ncnc(NN)c1[N+](=O)[O-]. The van der Waals surface area contributed by atoms with Crippen LogP contribution in [0.5, 0.6) is 0 Å². The van der Waals surface area contributed by atoms with Crippen molar-refractivity contribution in [3.05, 3.63) is 16.4 Å². The molecule has 0 radical (unpaired) electrons. The lowest BCUT2D eigenvalue weighted by atomic mass is 10.1. The summed E-state index contributed by atoms with van der Waals surface area (Å²) in [6.07, 6.45) is 4.25. The van der Waals surface area contributed by atoms with Crippen molar-refractivity contribution in [3.8, 4) is 0 Å². The van der Waals surface area contributed by atoms with E-state index in [1.165, 1.54) is 6.33 Å². The average Bonchev–Trinajstić information content (AvgIpc) is 2.78. The van der Waals surface area contributed by atoms with E-state index in [1.807, 2.05) is 4.90 Å². The Balaban J connectivity index is 2.52. The largest absolute Gasteiger partial charge is 0.354 e. The van der Waals surface area contributed by atoms with Gasteiger partial charge in [0.25, 0.3) is 0 Å². The van der Waals surface area contributed by atoms with Crippen LogP contribution in [-0.4, -0.2) is 27.0 Å². The Morgan fingerprint density at radius 3 is 2.89 bits per heavy atom. The van der Waals surface area contributed by atoms with Crippen molar-refractivity contribution in [3.63, 3.8) is 0 Å². The molecular weight excluding hydrogens is 248 g/mol. The molecular formula is C11H18N6O2. The number of hydrogen-bond acceptors (Lipinski definition) is 7. The first-order chi connectivity index (χ1) is 9.10. The number of nitrogens with two attached hydrogens (primary N) is 1. The quantitative estimate of drug-likeness (QED) is 0.482. The van der Waals surface area contributed by atoms with Crippen LogP contribution in [0.15, 0.2) is 6.33 Å². The number of nitrogen functional groups attached to an aromatic ring is 1. The van der Waals surface area contributed by atoms with Crippen molar-refractivity contribution in [2.45, 2.75) is 45.2 Å². The second-order valence-electron chi connectivity index (χ2n) is 4.69. The fourth-order valence-corrected chi connectivity index (χ4v) is 2.69. The van der Waals surface area contributed by atoms with Crippen molar-refractivity contribution >= 4 is 17.3 Å². The van der Waals surface area contributed by atoms with E-state index in [9.17, 15) is 10.1 Å². The van der Waals surface area contributed by atoms with Gasteiger partial charge >= 0.3 is 5.69 Å². The number of anilines is 2. The van der Waals surface area contributed by atoms with Gasteiger partial charge in [-0.05, 0) is 26.2 Å². The van der Waals surface area contributed by atoms with E-state index in [4.69, 9.17) is 5.84 Å². The van der Waals surface area contributed by atoms with Crippen LogP contribution in [0.3, 0.4) is 0 Å². The molecule has 1 fully saturated rings. The molecule has 8 heteroatoms. The van der Waals surface area contributed by atoms with Gasteiger partial charge in [0.2, 0.25) is 11.6 Å². The van der Waals surface area contributed by atoms with E-state index in [0.29, 0.717) is 5.82 Å². The third-order valence-corrected chi connectivity index (χ3v) is 3.62. The lowest BCUT2D eigenvalue weighted by Gasteiger charge is -2.28. The van der Waals surface area contributed by atoms with E-state index in [0.717, 1.165) is 19.3 Å². The van der Waals surface area contributed by atoms with Crippen LogP contribution >= 0.6 is 0 Å². The third-order valence-electron chi connectivity index (χ3n) is 3.62. The molecule has 1 aromatic rings. The van der Waals surface area contributed by atoms with E-state index in [1.54, 1.807) is 0 Å². The number of nitrogens with one attached hydrogen (secondary N) is 1. The van der Waals surface area contributed by atoms with E-state index < -0.39 is 4.92 Å². The van der Waals surface area contributed by atoms with E-state index in [2.05, 4.69) is 29.2 Å². The fraction of sp³-hybridized carbons (Fsp3) is 0.636. The van der Waals surface area contributed by atoms with Gasteiger partial charge in [-0.15, -0.1) is 0 Å². The first-order valence-corrected chi connectivity index (χ1v) is 6.34. The Bertz CT molecular complexity index is 480. The molecule has 0 aliphatic carbocycles. The van der Waals surface area contributed by atoms with E-state index >= 15 is 0 Å². The number of nitrogens with zero attached hydrogens (tertiary/aromatic N) is 4. The molecule has 0 bridgehead atoms. The minimum atomic E-state index is -0.484. The number of rotatable bonds is 4. The topological polar surface area (TPSA) is 110 Å². The molecule has 0 amide bonds. The van der Waals surface area contributed by atoms with Crippen LogP contribution in [0.1, 0.15) is 33.1 Å². The summed E-state index contributed by atoms with van der Waals surface area (Å²) in [5.41, 5.74) is 2.11. The van der Waals surface area contributed by atoms with Gasteiger partial charge < -0.3 is 10.3 Å². The van der Waals surface area contributed by atoms with Gasteiger partial charge in [0, 0.05) is 12.1 Å². The van der Waals surface area contributed by atoms with Gasteiger partial charge in [-0.1, -0.05) is 6.92 Å². The van der Waals surface area contributed by atoms with Gasteiger partial charge in [-0.25, -0.2) is 15.8 Å². The maximum absolute atomic E-state index is 11.3. The normalized spacial score (nSPS) is 22.6. The van der Waals surface area contributed by atoms with Crippen molar-refractivity contribution in [1.82, 2.24) is 9.97 Å². The van der Waals surface area contributed by atoms with Crippen LogP contribution in [0, 0.1) is 10.1 Å². The summed E-state index contributed by atoms with van der Waals surface area (Å²) in [5.74, 6) is 5.69. The molecule has 3 N–H and O–H groups in total. The summed E-state index contributed by atoms with van der Waals surface area (Å²) >= 11 is 0. The number of nitro groups is 1. The monoisotopic (exact) mass is 266 g/mol. The molecule has 1 aliphatic rings. The molecule has 104 valence electrons. The van der Waals surface area contributed by atoms with Crippen molar-refractivity contribution in [1.29, 1.82) is 0 Å². The summed E-state index contributed by atoms with van der Waals surface area (Å²) in [4.78, 5) is 20.7. The van der Waals surface area contributed by atoms with Gasteiger partial charge in [-0.3, -0.25) is 10.1 Å². The van der Waals surface area contributed by atoms with Crippen molar-refractivity contribution in [2.24, 2.45) is 5.84 Å². The summed E-state index contributed by atoms with van der Waals surface area (Å²) in [7, 11) is 0. The molecule has 0 spiro atoms. The van der Waals surface area contributed by atoms with Gasteiger partial charge in [-0.2, -0.15) is 0 Å². The zero-order valence-electron chi connectivity index (χ0n) is 11.0. The van der Waals surface area contributed by atoms with E-state index in [-0.39, 0.29) is 23.6 Å². The fourth-order valence-electron chi connectivity index (χ4n) is 2.69. The Kier molecular flexibility index (Phi) is 3.79. The minimum Gasteiger partial charge on any atom is -0.345 e. The summed E-state index contributed by atoms with van der Waals surface area (Å²) in [5, 5.41) is 11.3. The number of aromatic nitrogens is 2. The van der Waals surface area contributed by atoms with Gasteiger partial charge in [0.15, 0.2) is 0 Å². The van der Waals surface area contributed by atoms with Crippen LogP contribution in [0.25, 0.3) is 0 Å². The molecule has 2 atom stereocenters. The maximum atomic E-state index is 11.3. The van der Waals surface area contributed by atoms with Crippen molar-refractivity contribution < 1.29 is 4.92 Å². The van der Waals surface area contributed by atoms with Crippen LogP contribution in [-0.2, 0) is 0 Å². The van der Waals surface area contributed by atoms with Gasteiger partial charge in [0.1, 0.15) is 6.33 Å². The zero-order valence-corrected chi connectivity index (χ0v) is 11.0. The van der Waals surface area contributed by atoms with Crippen molar-refractivity contribution in [2.75, 3.05) is 10.3 Å². The molecule has 1 saturated heterocycles. The number of hydrazine groups is 1. The third kappa shape index (κ3) is 2.30. The summed E-state index contributed by atoms with van der Waals surface area (Å²) in [6.45, 7) is 4.13. The average molecular weight is 266 g/mol. The zero-order chi connectivity index (χ0) is 14.0.